The SMILES string of the molecule is CN1CCC=C(C(=O)Nc2ccccc2)C1=O. The Bertz CT molecular complexity index is 466. The van der Waals surface area contributed by atoms with Crippen LogP contribution < -0.4 is 5.32 Å². The summed E-state index contributed by atoms with van der Waals surface area (Å²) in [5.41, 5.74) is 0.919. The number of hydrogen-bond acceptors (Lipinski definition) is 2. The first-order chi connectivity index (χ1) is 8.18. The summed E-state index contributed by atoms with van der Waals surface area (Å²) >= 11 is 0. The third-order valence-corrected chi connectivity index (χ3v) is 2.67. The molecule has 0 radical (unpaired) electrons. The predicted molar refractivity (Wildman–Crippen MR) is 65.4 cm³/mol. The minimum absolute atomic E-state index is 0.218. The van der Waals surface area contributed by atoms with E-state index in [1.54, 1.807) is 30.2 Å². The van der Waals surface area contributed by atoms with Gasteiger partial charge in [-0.25, -0.2) is 0 Å². The first kappa shape index (κ1) is 11.4. The van der Waals surface area contributed by atoms with Gasteiger partial charge in [-0.1, -0.05) is 24.3 Å². The largest absolute Gasteiger partial charge is 0.341 e. The lowest BCUT2D eigenvalue weighted by atomic mass is 10.1. The van der Waals surface area contributed by atoms with Crippen LogP contribution in [0.4, 0.5) is 5.69 Å². The van der Waals surface area contributed by atoms with Crippen molar-refractivity contribution < 1.29 is 9.59 Å². The van der Waals surface area contributed by atoms with Gasteiger partial charge >= 0.3 is 0 Å². The van der Waals surface area contributed by atoms with Gasteiger partial charge in [0.25, 0.3) is 11.8 Å². The van der Waals surface area contributed by atoms with Crippen LogP contribution >= 0.6 is 0 Å². The Morgan fingerprint density at radius 1 is 1.29 bits per heavy atom. The van der Waals surface area contributed by atoms with Crippen LogP contribution in [0.1, 0.15) is 6.42 Å². The minimum Gasteiger partial charge on any atom is -0.341 e. The van der Waals surface area contributed by atoms with Crippen LogP contribution in [0, 0.1) is 0 Å². The Morgan fingerprint density at radius 3 is 2.71 bits per heavy atom. The summed E-state index contributed by atoms with van der Waals surface area (Å²) in [5, 5.41) is 2.71. The third kappa shape index (κ3) is 2.53. The molecule has 4 heteroatoms. The second kappa shape index (κ2) is 4.82. The highest BCUT2D eigenvalue weighted by atomic mass is 16.2. The highest BCUT2D eigenvalue weighted by molar-refractivity contribution is 6.22. The van der Waals surface area contributed by atoms with Crippen molar-refractivity contribution in [3.05, 3.63) is 42.0 Å². The van der Waals surface area contributed by atoms with Crippen LogP contribution in [0.3, 0.4) is 0 Å². The number of benzene rings is 1. The smallest absolute Gasteiger partial charge is 0.260 e. The topological polar surface area (TPSA) is 49.4 Å². The summed E-state index contributed by atoms with van der Waals surface area (Å²) in [7, 11) is 1.70. The van der Waals surface area contributed by atoms with Gasteiger partial charge in [-0.05, 0) is 18.6 Å². The zero-order chi connectivity index (χ0) is 12.3. The van der Waals surface area contributed by atoms with Crippen molar-refractivity contribution in [3.8, 4) is 0 Å². The number of nitrogens with zero attached hydrogens (tertiary/aromatic N) is 1. The van der Waals surface area contributed by atoms with E-state index >= 15 is 0 Å². The summed E-state index contributed by atoms with van der Waals surface area (Å²) in [4.78, 5) is 25.2. The van der Waals surface area contributed by atoms with Crippen LogP contribution in [0.2, 0.25) is 0 Å². The fourth-order valence-electron chi connectivity index (χ4n) is 1.71. The first-order valence-electron chi connectivity index (χ1n) is 5.50. The van der Waals surface area contributed by atoms with Crippen molar-refractivity contribution in [1.82, 2.24) is 4.90 Å². The number of para-hydroxylation sites is 1. The molecule has 2 amide bonds. The maximum absolute atomic E-state index is 11.9. The summed E-state index contributed by atoms with van der Waals surface area (Å²) in [5.74, 6) is -0.558. The number of carbonyl (C=O) groups excluding carboxylic acids is 2. The van der Waals surface area contributed by atoms with Gasteiger partial charge in [0.15, 0.2) is 0 Å². The van der Waals surface area contributed by atoms with Gasteiger partial charge in [0.2, 0.25) is 0 Å². The molecule has 0 aliphatic carbocycles. The van der Waals surface area contributed by atoms with Crippen molar-refractivity contribution in [3.63, 3.8) is 0 Å². The molecule has 1 heterocycles. The molecule has 1 N–H and O–H groups in total. The molecule has 0 saturated heterocycles. The van der Waals surface area contributed by atoms with Gasteiger partial charge in [0.05, 0.1) is 0 Å². The van der Waals surface area contributed by atoms with Gasteiger partial charge < -0.3 is 10.2 Å². The Kier molecular flexibility index (Phi) is 3.23. The predicted octanol–water partition coefficient (Wildman–Crippen LogP) is 1.41. The number of anilines is 1. The zero-order valence-corrected chi connectivity index (χ0v) is 9.64. The fourth-order valence-corrected chi connectivity index (χ4v) is 1.71. The van der Waals surface area contributed by atoms with Gasteiger partial charge in [0, 0.05) is 19.3 Å². The van der Waals surface area contributed by atoms with E-state index in [1.807, 2.05) is 18.2 Å². The average Bonchev–Trinajstić information content (AvgIpc) is 2.34. The van der Waals surface area contributed by atoms with Gasteiger partial charge in [0.1, 0.15) is 5.57 Å². The highest BCUT2D eigenvalue weighted by Gasteiger charge is 2.24. The van der Waals surface area contributed by atoms with Crippen LogP contribution in [-0.2, 0) is 9.59 Å². The molecule has 1 aromatic rings. The van der Waals surface area contributed by atoms with E-state index < -0.39 is 0 Å². The second-order valence-corrected chi connectivity index (χ2v) is 3.95. The van der Waals surface area contributed by atoms with Crippen molar-refractivity contribution in [2.45, 2.75) is 6.42 Å². The van der Waals surface area contributed by atoms with E-state index in [4.69, 9.17) is 0 Å². The van der Waals surface area contributed by atoms with E-state index in [9.17, 15) is 9.59 Å². The molecule has 2 rings (SSSR count). The normalized spacial score (nSPS) is 15.5. The van der Waals surface area contributed by atoms with Crippen LogP contribution in [-0.4, -0.2) is 30.3 Å². The van der Waals surface area contributed by atoms with Gasteiger partial charge in [-0.2, -0.15) is 0 Å². The van der Waals surface area contributed by atoms with Crippen LogP contribution in [0.15, 0.2) is 42.0 Å². The number of hydrogen-bond donors (Lipinski definition) is 1. The van der Waals surface area contributed by atoms with E-state index in [2.05, 4.69) is 5.32 Å². The van der Waals surface area contributed by atoms with Crippen molar-refractivity contribution >= 4 is 17.5 Å². The Hall–Kier alpha value is -2.10. The quantitative estimate of drug-likeness (QED) is 0.781. The maximum Gasteiger partial charge on any atom is 0.260 e. The van der Waals surface area contributed by atoms with E-state index in [-0.39, 0.29) is 17.4 Å². The molecule has 0 bridgehead atoms. The second-order valence-electron chi connectivity index (χ2n) is 3.95. The van der Waals surface area contributed by atoms with E-state index in [1.165, 1.54) is 0 Å². The molecular weight excluding hydrogens is 216 g/mol. The van der Waals surface area contributed by atoms with Gasteiger partial charge in [-0.15, -0.1) is 0 Å². The molecule has 17 heavy (non-hydrogen) atoms. The molecule has 0 saturated carbocycles. The Labute approximate surface area is 99.9 Å². The maximum atomic E-state index is 11.9. The third-order valence-electron chi connectivity index (χ3n) is 2.67. The molecule has 0 spiro atoms. The molecule has 0 fully saturated rings. The molecule has 88 valence electrons. The summed E-state index contributed by atoms with van der Waals surface area (Å²) in [6, 6.07) is 9.11. The number of carbonyl (C=O) groups is 2. The number of likely N-dealkylation sites (N-methyl/N-ethyl adjacent to an activating group) is 1. The first-order valence-corrected chi connectivity index (χ1v) is 5.50. The molecule has 0 aromatic heterocycles. The van der Waals surface area contributed by atoms with Crippen molar-refractivity contribution in [2.24, 2.45) is 0 Å². The molecular formula is C13H14N2O2. The lowest BCUT2D eigenvalue weighted by Crippen LogP contribution is -2.36. The lowest BCUT2D eigenvalue weighted by Gasteiger charge is -2.22. The fraction of sp³-hybridized carbons (Fsp3) is 0.231. The minimum atomic E-state index is -0.340. The summed E-state index contributed by atoms with van der Waals surface area (Å²) < 4.78 is 0. The summed E-state index contributed by atoms with van der Waals surface area (Å²) in [6.45, 7) is 0.668. The van der Waals surface area contributed by atoms with Crippen molar-refractivity contribution in [2.75, 3.05) is 18.9 Å². The molecule has 1 aliphatic heterocycles. The van der Waals surface area contributed by atoms with Crippen LogP contribution in [0.25, 0.3) is 0 Å². The number of rotatable bonds is 2. The lowest BCUT2D eigenvalue weighted by molar-refractivity contribution is -0.128. The molecule has 4 nitrogen and oxygen atoms in total. The molecule has 1 aromatic carbocycles. The van der Waals surface area contributed by atoms with Crippen LogP contribution in [0.5, 0.6) is 0 Å². The number of nitrogens with one attached hydrogen (secondary N) is 1. The van der Waals surface area contributed by atoms with E-state index in [0.29, 0.717) is 12.2 Å². The van der Waals surface area contributed by atoms with Crippen molar-refractivity contribution in [1.29, 1.82) is 0 Å². The molecule has 0 atom stereocenters. The Balaban J connectivity index is 2.11. The highest BCUT2D eigenvalue weighted by Crippen LogP contribution is 2.13. The Morgan fingerprint density at radius 2 is 2.00 bits per heavy atom. The number of amides is 2. The average molecular weight is 230 g/mol. The van der Waals surface area contributed by atoms with Gasteiger partial charge in [-0.3, -0.25) is 9.59 Å². The zero-order valence-electron chi connectivity index (χ0n) is 9.64. The van der Waals surface area contributed by atoms with E-state index in [0.717, 1.165) is 6.42 Å². The molecule has 1 aliphatic rings. The standard InChI is InChI=1S/C13H14N2O2/c1-15-9-5-8-11(13(15)17)12(16)14-10-6-3-2-4-7-10/h2-4,6-8H,5,9H2,1H3,(H,14,16). The monoisotopic (exact) mass is 230 g/mol. The summed E-state index contributed by atoms with van der Waals surface area (Å²) in [6.07, 6.45) is 2.42. The molecule has 0 unspecified atom stereocenters.